The Kier molecular flexibility index (Phi) is 7.51. The molecule has 0 bridgehead atoms. The summed E-state index contributed by atoms with van der Waals surface area (Å²) in [5.74, 6) is -1.32. The summed E-state index contributed by atoms with van der Waals surface area (Å²) in [5.41, 5.74) is 0.669. The molecule has 0 amide bonds. The topological polar surface area (TPSA) is 80.8 Å². The number of hydrogen-bond acceptors (Lipinski definition) is 6. The number of rotatable bonds is 8. The molecule has 0 saturated heterocycles. The fourth-order valence-electron chi connectivity index (χ4n) is 2.67. The lowest BCUT2D eigenvalue weighted by molar-refractivity contribution is 0.0475. The molecule has 1 heterocycles. The van der Waals surface area contributed by atoms with Crippen LogP contribution in [-0.2, 0) is 21.3 Å². The van der Waals surface area contributed by atoms with Gasteiger partial charge in [-0.25, -0.2) is 13.2 Å². The van der Waals surface area contributed by atoms with Crippen LogP contribution in [0.2, 0.25) is 9.36 Å². The van der Waals surface area contributed by atoms with Crippen LogP contribution in [0.15, 0.2) is 65.6 Å². The minimum Gasteiger partial charge on any atom is -0.454 e. The van der Waals surface area contributed by atoms with Crippen LogP contribution in [0, 0.1) is 0 Å². The highest BCUT2D eigenvalue weighted by atomic mass is 35.5. The van der Waals surface area contributed by atoms with E-state index in [-0.39, 0.29) is 22.0 Å². The average Bonchev–Trinajstić information content (AvgIpc) is 3.19. The minimum atomic E-state index is -3.89. The molecule has 0 aliphatic rings. The van der Waals surface area contributed by atoms with E-state index < -0.39 is 28.4 Å². The summed E-state index contributed by atoms with van der Waals surface area (Å²) >= 11 is 12.9. The molecule has 6 nitrogen and oxygen atoms in total. The van der Waals surface area contributed by atoms with Crippen LogP contribution in [-0.4, -0.2) is 38.1 Å². The van der Waals surface area contributed by atoms with Gasteiger partial charge in [0.05, 0.1) is 24.7 Å². The van der Waals surface area contributed by atoms with E-state index in [0.717, 1.165) is 23.0 Å². The van der Waals surface area contributed by atoms with E-state index in [1.54, 1.807) is 6.07 Å². The summed E-state index contributed by atoms with van der Waals surface area (Å²) in [4.78, 5) is 24.8. The van der Waals surface area contributed by atoms with Gasteiger partial charge in [0.2, 0.25) is 15.8 Å². The van der Waals surface area contributed by atoms with Crippen molar-refractivity contribution in [2.75, 3.05) is 13.7 Å². The Bertz CT molecular complexity index is 1210. The van der Waals surface area contributed by atoms with Gasteiger partial charge in [0.15, 0.2) is 6.61 Å². The molecule has 10 heteroatoms. The smallest absolute Gasteiger partial charge is 0.340 e. The van der Waals surface area contributed by atoms with Crippen molar-refractivity contribution in [3.63, 3.8) is 0 Å². The molecule has 0 aliphatic carbocycles. The first-order chi connectivity index (χ1) is 14.7. The number of thiophene rings is 1. The first-order valence-electron chi connectivity index (χ1n) is 8.94. The van der Waals surface area contributed by atoms with Crippen LogP contribution < -0.4 is 0 Å². The Morgan fingerprint density at radius 1 is 1.03 bits per heavy atom. The fraction of sp³-hybridized carbons (Fsp3) is 0.143. The summed E-state index contributed by atoms with van der Waals surface area (Å²) in [6.07, 6.45) is 0. The van der Waals surface area contributed by atoms with Crippen molar-refractivity contribution in [1.29, 1.82) is 0 Å². The van der Waals surface area contributed by atoms with Crippen molar-refractivity contribution in [1.82, 2.24) is 4.31 Å². The first-order valence-corrected chi connectivity index (χ1v) is 11.9. The second kappa shape index (κ2) is 9.93. The van der Waals surface area contributed by atoms with Crippen LogP contribution in [0.5, 0.6) is 0 Å². The zero-order valence-corrected chi connectivity index (χ0v) is 19.4. The summed E-state index contributed by atoms with van der Waals surface area (Å²) in [6.45, 7) is -0.361. The third kappa shape index (κ3) is 5.72. The quantitative estimate of drug-likeness (QED) is 0.326. The van der Waals surface area contributed by atoms with Crippen molar-refractivity contribution < 1.29 is 22.7 Å². The molecular weight excluding hydrogens is 481 g/mol. The summed E-state index contributed by atoms with van der Waals surface area (Å²) in [7, 11) is -2.45. The van der Waals surface area contributed by atoms with E-state index in [9.17, 15) is 18.0 Å². The molecule has 0 aliphatic heterocycles. The van der Waals surface area contributed by atoms with Crippen molar-refractivity contribution in [3.8, 4) is 0 Å². The Balaban J connectivity index is 1.75. The van der Waals surface area contributed by atoms with Crippen LogP contribution in [0.4, 0.5) is 0 Å². The number of carbonyl (C=O) groups is 2. The molecule has 0 radical (unpaired) electrons. The second-order valence-corrected chi connectivity index (χ2v) is 10.7. The van der Waals surface area contributed by atoms with Crippen molar-refractivity contribution in [2.24, 2.45) is 0 Å². The molecular formula is C21H17Cl2NO5S2. The minimum absolute atomic E-state index is 0.0151. The second-order valence-electron chi connectivity index (χ2n) is 6.49. The van der Waals surface area contributed by atoms with Gasteiger partial charge in [-0.3, -0.25) is 4.79 Å². The predicted octanol–water partition coefficient (Wildman–Crippen LogP) is 4.92. The maximum atomic E-state index is 12.9. The molecule has 3 rings (SSSR count). The zero-order valence-electron chi connectivity index (χ0n) is 16.2. The Morgan fingerprint density at radius 2 is 1.74 bits per heavy atom. The Hall–Kier alpha value is -2.23. The maximum absolute atomic E-state index is 12.9. The van der Waals surface area contributed by atoms with Crippen LogP contribution >= 0.6 is 34.5 Å². The third-order valence-corrected chi connectivity index (χ3v) is 7.70. The molecule has 0 unspecified atom stereocenters. The number of Topliss-reactive ketones (excluding diaryl/α,β-unsaturated/α-hetero) is 1. The van der Waals surface area contributed by atoms with E-state index in [1.807, 2.05) is 30.3 Å². The van der Waals surface area contributed by atoms with Gasteiger partial charge in [0.1, 0.15) is 0 Å². The fourth-order valence-corrected chi connectivity index (χ4v) is 5.02. The van der Waals surface area contributed by atoms with Crippen LogP contribution in [0.3, 0.4) is 0 Å². The largest absolute Gasteiger partial charge is 0.454 e. The molecule has 31 heavy (non-hydrogen) atoms. The number of halogens is 2. The molecule has 2 aromatic carbocycles. The van der Waals surface area contributed by atoms with Gasteiger partial charge in [-0.15, -0.1) is 11.3 Å². The number of benzene rings is 2. The number of ether oxygens (including phenoxy) is 1. The molecule has 0 fully saturated rings. The maximum Gasteiger partial charge on any atom is 0.340 e. The van der Waals surface area contributed by atoms with Gasteiger partial charge in [-0.1, -0.05) is 53.5 Å². The first kappa shape index (κ1) is 23.4. The number of carbonyl (C=O) groups excluding carboxylic acids is 2. The number of hydrogen-bond donors (Lipinski definition) is 0. The molecule has 0 spiro atoms. The average molecular weight is 498 g/mol. The molecule has 0 N–H and O–H groups in total. The van der Waals surface area contributed by atoms with Crippen LogP contribution in [0.1, 0.15) is 25.6 Å². The number of ketones is 1. The third-order valence-electron chi connectivity index (χ3n) is 4.30. The highest BCUT2D eigenvalue weighted by Gasteiger charge is 2.24. The molecule has 1 aromatic heterocycles. The zero-order chi connectivity index (χ0) is 22.6. The van der Waals surface area contributed by atoms with Gasteiger partial charge >= 0.3 is 5.97 Å². The number of sulfonamides is 1. The number of nitrogens with zero attached hydrogens (tertiary/aromatic N) is 1. The monoisotopic (exact) mass is 497 g/mol. The lowest BCUT2D eigenvalue weighted by Gasteiger charge is -2.18. The Morgan fingerprint density at radius 3 is 2.39 bits per heavy atom. The lowest BCUT2D eigenvalue weighted by atomic mass is 10.2. The van der Waals surface area contributed by atoms with Crippen molar-refractivity contribution in [2.45, 2.75) is 11.4 Å². The van der Waals surface area contributed by atoms with E-state index in [4.69, 9.17) is 27.9 Å². The molecule has 3 aromatic rings. The molecule has 0 atom stereocenters. The van der Waals surface area contributed by atoms with Crippen LogP contribution in [0.25, 0.3) is 0 Å². The van der Waals surface area contributed by atoms with Gasteiger partial charge in [0.25, 0.3) is 0 Å². The molecule has 162 valence electrons. The standard InChI is InChI=1S/C21H17Cl2NO5S2/c1-24(12-14-5-3-2-4-6-14)31(27,28)15-7-8-17(22)16(11-15)21(26)29-13-18(25)19-9-10-20(23)30-19/h2-11H,12-13H2,1H3. The SMILES string of the molecule is CN(Cc1ccccc1)S(=O)(=O)c1ccc(Cl)c(C(=O)OCC(=O)c2ccc(Cl)s2)c1. The number of esters is 1. The summed E-state index contributed by atoms with van der Waals surface area (Å²) < 4.78 is 32.5. The van der Waals surface area contributed by atoms with E-state index in [0.29, 0.717) is 9.21 Å². The normalized spacial score (nSPS) is 11.5. The predicted molar refractivity (Wildman–Crippen MR) is 120 cm³/mol. The Labute approximate surface area is 194 Å². The van der Waals surface area contributed by atoms with Gasteiger partial charge in [-0.05, 0) is 35.9 Å². The highest BCUT2D eigenvalue weighted by molar-refractivity contribution is 7.89. The van der Waals surface area contributed by atoms with E-state index >= 15 is 0 Å². The lowest BCUT2D eigenvalue weighted by Crippen LogP contribution is -2.26. The van der Waals surface area contributed by atoms with E-state index in [1.165, 1.54) is 29.6 Å². The van der Waals surface area contributed by atoms with Gasteiger partial charge in [-0.2, -0.15) is 4.31 Å². The van der Waals surface area contributed by atoms with Crippen molar-refractivity contribution in [3.05, 3.63) is 86.0 Å². The summed E-state index contributed by atoms with van der Waals surface area (Å²) in [6, 6.07) is 16.0. The van der Waals surface area contributed by atoms with E-state index in [2.05, 4.69) is 0 Å². The van der Waals surface area contributed by atoms with Crippen molar-refractivity contribution >= 4 is 56.3 Å². The summed E-state index contributed by atoms with van der Waals surface area (Å²) in [5, 5.41) is 0.0151. The van der Waals surface area contributed by atoms with Gasteiger partial charge < -0.3 is 4.74 Å². The van der Waals surface area contributed by atoms with Gasteiger partial charge in [0, 0.05) is 13.6 Å². The molecule has 0 saturated carbocycles. The highest BCUT2D eigenvalue weighted by Crippen LogP contribution is 2.25.